The first kappa shape index (κ1) is 16.2. The number of amides is 1. The predicted molar refractivity (Wildman–Crippen MR) is 91.7 cm³/mol. The van der Waals surface area contributed by atoms with E-state index in [1.54, 1.807) is 36.3 Å². The van der Waals surface area contributed by atoms with Crippen LogP contribution in [0.1, 0.15) is 36.8 Å². The molecule has 5 heteroatoms. The zero-order chi connectivity index (χ0) is 17.5. The number of nitrogens with zero attached hydrogens (tertiary/aromatic N) is 2. The van der Waals surface area contributed by atoms with Gasteiger partial charge in [0.15, 0.2) is 0 Å². The number of methoxy groups -OCH3 is 1. The van der Waals surface area contributed by atoms with Crippen molar-refractivity contribution in [1.82, 2.24) is 4.98 Å². The number of hydrogen-bond donors (Lipinski definition) is 0. The second-order valence-corrected chi connectivity index (χ2v) is 6.32. The molecule has 1 aliphatic rings. The third kappa shape index (κ3) is 2.56. The largest absolute Gasteiger partial charge is 0.481 e. The fraction of sp³-hybridized carbons (Fsp3) is 0.263. The van der Waals surface area contributed by atoms with Gasteiger partial charge in [-0.15, -0.1) is 0 Å². The zero-order valence-corrected chi connectivity index (χ0v) is 14.1. The van der Waals surface area contributed by atoms with Crippen LogP contribution in [-0.4, -0.2) is 23.5 Å². The smallest absolute Gasteiger partial charge is 0.262 e. The van der Waals surface area contributed by atoms with Crippen LogP contribution in [0.4, 0.5) is 10.1 Å². The van der Waals surface area contributed by atoms with E-state index in [0.29, 0.717) is 17.3 Å². The Morgan fingerprint density at radius 1 is 1.21 bits per heavy atom. The van der Waals surface area contributed by atoms with Crippen molar-refractivity contribution in [2.45, 2.75) is 26.3 Å². The lowest BCUT2D eigenvalue weighted by Crippen LogP contribution is -2.49. The Morgan fingerprint density at radius 2 is 1.92 bits per heavy atom. The molecular weight excluding hydrogens is 307 g/mol. The fourth-order valence-electron chi connectivity index (χ4n) is 3.12. The number of halogens is 1. The van der Waals surface area contributed by atoms with E-state index >= 15 is 0 Å². The number of ether oxygens (including phenoxy) is 1. The molecule has 0 fully saturated rings. The summed E-state index contributed by atoms with van der Waals surface area (Å²) in [5, 5.41) is 0. The van der Waals surface area contributed by atoms with Crippen molar-refractivity contribution in [2.75, 3.05) is 12.0 Å². The lowest BCUT2D eigenvalue weighted by molar-refractivity contribution is 0.0966. The van der Waals surface area contributed by atoms with Crippen LogP contribution >= 0.6 is 0 Å². The normalized spacial score (nSPS) is 15.5. The average Bonchev–Trinajstić information content (AvgIpc) is 2.54. The lowest BCUT2D eigenvalue weighted by Gasteiger charge is -2.41. The third-order valence-electron chi connectivity index (χ3n) is 4.13. The summed E-state index contributed by atoms with van der Waals surface area (Å²) in [5.41, 5.74) is 1.70. The zero-order valence-electron chi connectivity index (χ0n) is 14.1. The van der Waals surface area contributed by atoms with Gasteiger partial charge in [-0.3, -0.25) is 9.69 Å². The summed E-state index contributed by atoms with van der Waals surface area (Å²) in [6.07, 6.45) is 1.96. The number of pyridine rings is 1. The number of carbonyl (C=O) groups excluding carboxylic acids is 1. The van der Waals surface area contributed by atoms with Crippen LogP contribution in [0.15, 0.2) is 42.5 Å². The summed E-state index contributed by atoms with van der Waals surface area (Å²) in [4.78, 5) is 19.1. The molecule has 1 amide bonds. The monoisotopic (exact) mass is 326 g/mol. The molecule has 124 valence electrons. The van der Waals surface area contributed by atoms with Gasteiger partial charge in [0.1, 0.15) is 5.82 Å². The van der Waals surface area contributed by atoms with E-state index in [4.69, 9.17) is 4.74 Å². The van der Waals surface area contributed by atoms with Gasteiger partial charge in [-0.2, -0.15) is 0 Å². The number of fused-ring (bicyclic) bond motifs is 1. The Labute approximate surface area is 140 Å². The number of anilines is 1. The summed E-state index contributed by atoms with van der Waals surface area (Å²) in [5.74, 6) is -0.456. The molecule has 0 aliphatic carbocycles. The third-order valence-corrected chi connectivity index (χ3v) is 4.13. The van der Waals surface area contributed by atoms with Gasteiger partial charge in [0, 0.05) is 6.07 Å². The molecule has 0 radical (unpaired) electrons. The minimum atomic E-state index is -0.604. The van der Waals surface area contributed by atoms with Crippen molar-refractivity contribution in [3.63, 3.8) is 0 Å². The number of rotatable bonds is 2. The van der Waals surface area contributed by atoms with Crippen LogP contribution < -0.4 is 9.64 Å². The molecular formula is C19H19FN2O2. The number of allylic oxidation sites excluding steroid dienone is 1. The molecule has 1 aromatic heterocycles. The summed E-state index contributed by atoms with van der Waals surface area (Å²) < 4.78 is 19.3. The second-order valence-electron chi connectivity index (χ2n) is 6.32. The molecule has 0 saturated heterocycles. The lowest BCUT2D eigenvalue weighted by atomic mass is 9.90. The highest BCUT2D eigenvalue weighted by molar-refractivity contribution is 6.09. The van der Waals surface area contributed by atoms with E-state index in [2.05, 4.69) is 4.98 Å². The van der Waals surface area contributed by atoms with E-state index in [0.717, 1.165) is 5.57 Å². The van der Waals surface area contributed by atoms with Gasteiger partial charge in [-0.25, -0.2) is 9.37 Å². The average molecular weight is 326 g/mol. The Hall–Kier alpha value is -2.69. The molecule has 0 unspecified atom stereocenters. The van der Waals surface area contributed by atoms with Gasteiger partial charge in [-0.05, 0) is 44.5 Å². The van der Waals surface area contributed by atoms with Gasteiger partial charge in [-0.1, -0.05) is 18.2 Å². The first-order chi connectivity index (χ1) is 11.3. The highest BCUT2D eigenvalue weighted by Crippen LogP contribution is 2.39. The first-order valence-corrected chi connectivity index (χ1v) is 7.69. The van der Waals surface area contributed by atoms with Gasteiger partial charge in [0.25, 0.3) is 5.91 Å². The number of aromatic nitrogens is 1. The molecule has 0 atom stereocenters. The molecule has 24 heavy (non-hydrogen) atoms. The SMILES string of the molecule is COc1ccc2c(n1)C(C)=CC(C)(C)N2C(=O)c1ccccc1F. The van der Waals surface area contributed by atoms with Crippen molar-refractivity contribution in [3.05, 3.63) is 59.5 Å². The van der Waals surface area contributed by atoms with E-state index in [1.807, 2.05) is 26.8 Å². The van der Waals surface area contributed by atoms with Crippen LogP contribution in [0.2, 0.25) is 0 Å². The highest BCUT2D eigenvalue weighted by Gasteiger charge is 2.37. The summed E-state index contributed by atoms with van der Waals surface area (Å²) >= 11 is 0. The van der Waals surface area contributed by atoms with E-state index in [-0.39, 0.29) is 5.56 Å². The molecule has 1 aliphatic heterocycles. The van der Waals surface area contributed by atoms with Crippen LogP contribution in [0.25, 0.3) is 5.57 Å². The van der Waals surface area contributed by atoms with Crippen LogP contribution in [0.5, 0.6) is 5.88 Å². The highest BCUT2D eigenvalue weighted by atomic mass is 19.1. The minimum Gasteiger partial charge on any atom is -0.481 e. The van der Waals surface area contributed by atoms with Crippen LogP contribution in [0.3, 0.4) is 0 Å². The topological polar surface area (TPSA) is 42.4 Å². The first-order valence-electron chi connectivity index (χ1n) is 7.69. The fourth-order valence-corrected chi connectivity index (χ4v) is 3.12. The van der Waals surface area contributed by atoms with E-state index < -0.39 is 17.3 Å². The Kier molecular flexibility index (Phi) is 3.87. The van der Waals surface area contributed by atoms with Crippen LogP contribution in [0, 0.1) is 5.82 Å². The molecule has 0 bridgehead atoms. The number of benzene rings is 1. The van der Waals surface area contributed by atoms with E-state index in [1.165, 1.54) is 12.1 Å². The second kappa shape index (κ2) is 5.74. The van der Waals surface area contributed by atoms with Crippen LogP contribution in [-0.2, 0) is 0 Å². The number of hydrogen-bond acceptors (Lipinski definition) is 3. The molecule has 0 saturated carbocycles. The van der Waals surface area contributed by atoms with E-state index in [9.17, 15) is 9.18 Å². The minimum absolute atomic E-state index is 0.0419. The predicted octanol–water partition coefficient (Wildman–Crippen LogP) is 4.07. The van der Waals surface area contributed by atoms with Crippen molar-refractivity contribution >= 4 is 17.2 Å². The maximum atomic E-state index is 14.1. The van der Waals surface area contributed by atoms with Gasteiger partial charge in [0.2, 0.25) is 5.88 Å². The molecule has 0 N–H and O–H groups in total. The molecule has 0 spiro atoms. The van der Waals surface area contributed by atoms with Gasteiger partial charge >= 0.3 is 0 Å². The number of carbonyl (C=O) groups is 1. The summed E-state index contributed by atoms with van der Waals surface area (Å²) in [7, 11) is 1.54. The van der Waals surface area contributed by atoms with Gasteiger partial charge < -0.3 is 4.74 Å². The quantitative estimate of drug-likeness (QED) is 0.835. The molecule has 2 heterocycles. The Bertz CT molecular complexity index is 843. The van der Waals surface area contributed by atoms with Crippen molar-refractivity contribution in [2.24, 2.45) is 0 Å². The molecule has 2 aromatic rings. The summed E-state index contributed by atoms with van der Waals surface area (Å²) in [6, 6.07) is 9.50. The molecule has 3 rings (SSSR count). The Balaban J connectivity index is 2.17. The van der Waals surface area contributed by atoms with Crippen molar-refractivity contribution < 1.29 is 13.9 Å². The standard InChI is InChI=1S/C19H19FN2O2/c1-12-11-19(2,3)22(15-9-10-16(24-4)21-17(12)15)18(23)13-7-5-6-8-14(13)20/h5-11H,1-4H3. The molecule has 4 nitrogen and oxygen atoms in total. The Morgan fingerprint density at radius 3 is 2.58 bits per heavy atom. The van der Waals surface area contributed by atoms with Gasteiger partial charge in [0.05, 0.1) is 29.6 Å². The summed E-state index contributed by atoms with van der Waals surface area (Å²) in [6.45, 7) is 5.78. The maximum Gasteiger partial charge on any atom is 0.262 e. The van der Waals surface area contributed by atoms with Crippen molar-refractivity contribution in [1.29, 1.82) is 0 Å². The molecule has 1 aromatic carbocycles. The maximum absolute atomic E-state index is 14.1. The van der Waals surface area contributed by atoms with Crippen molar-refractivity contribution in [3.8, 4) is 5.88 Å².